The number of nitrogens with zero attached hydrogens (tertiary/aromatic N) is 3. The summed E-state index contributed by atoms with van der Waals surface area (Å²) in [6.07, 6.45) is 4.70. The summed E-state index contributed by atoms with van der Waals surface area (Å²) in [4.78, 5) is 8.18. The van der Waals surface area contributed by atoms with Gasteiger partial charge in [-0.25, -0.2) is 8.42 Å². The summed E-state index contributed by atoms with van der Waals surface area (Å²) in [6, 6.07) is 12.8. The molecule has 0 amide bonds. The normalized spacial score (nSPS) is 12.9. The Bertz CT molecular complexity index is 877. The van der Waals surface area contributed by atoms with Gasteiger partial charge >= 0.3 is 0 Å². The molecule has 0 unspecified atom stereocenters. The van der Waals surface area contributed by atoms with Crippen LogP contribution >= 0.6 is 0 Å². The lowest BCUT2D eigenvalue weighted by Gasteiger charge is -2.10. The molecule has 0 N–H and O–H groups in total. The maximum absolute atomic E-state index is 12.1. The van der Waals surface area contributed by atoms with Crippen LogP contribution in [0.25, 0.3) is 11.4 Å². The largest absolute Gasteiger partial charge is 0.338 e. The molecule has 0 aliphatic heterocycles. The highest BCUT2D eigenvalue weighted by atomic mass is 32.2. The zero-order valence-electron chi connectivity index (χ0n) is 12.5. The van der Waals surface area contributed by atoms with E-state index in [9.17, 15) is 8.42 Å². The van der Waals surface area contributed by atoms with Crippen molar-refractivity contribution >= 4 is 9.84 Å². The minimum Gasteiger partial charge on any atom is -0.338 e. The maximum atomic E-state index is 12.1. The Kier molecular flexibility index (Phi) is 4.20. The molecule has 1 atom stereocenters. The lowest BCUT2D eigenvalue weighted by molar-refractivity contribution is 0.372. The molecule has 2 aromatic heterocycles. The zero-order chi connectivity index (χ0) is 16.3. The van der Waals surface area contributed by atoms with Crippen LogP contribution in [0.3, 0.4) is 0 Å². The Balaban J connectivity index is 1.94. The van der Waals surface area contributed by atoms with Gasteiger partial charge in [-0.15, -0.1) is 0 Å². The van der Waals surface area contributed by atoms with Gasteiger partial charge in [-0.05, 0) is 24.1 Å². The number of benzene rings is 1. The van der Waals surface area contributed by atoms with E-state index in [1.54, 1.807) is 24.5 Å². The average molecular weight is 329 g/mol. The van der Waals surface area contributed by atoms with E-state index in [-0.39, 0.29) is 12.3 Å². The third kappa shape index (κ3) is 3.62. The van der Waals surface area contributed by atoms with Crippen LogP contribution in [-0.4, -0.2) is 29.8 Å². The fourth-order valence-corrected chi connectivity index (χ4v) is 3.19. The minimum atomic E-state index is -3.39. The summed E-state index contributed by atoms with van der Waals surface area (Å²) < 4.78 is 29.5. The molecule has 118 valence electrons. The average Bonchev–Trinajstić information content (AvgIpc) is 3.03. The van der Waals surface area contributed by atoms with Gasteiger partial charge in [0.25, 0.3) is 0 Å². The minimum absolute atomic E-state index is 0.100. The summed E-state index contributed by atoms with van der Waals surface area (Å²) in [5, 5.41) is 3.02. The highest BCUT2D eigenvalue weighted by Crippen LogP contribution is 2.26. The van der Waals surface area contributed by atoms with Crippen molar-refractivity contribution in [2.75, 3.05) is 6.26 Å². The molecule has 7 heteroatoms. The predicted octanol–water partition coefficient (Wildman–Crippen LogP) is 2.46. The van der Waals surface area contributed by atoms with E-state index in [4.69, 9.17) is 4.52 Å². The number of rotatable bonds is 5. The van der Waals surface area contributed by atoms with Crippen LogP contribution in [0.15, 0.2) is 59.4 Å². The SMILES string of the molecule is CS(=O)(=O)[C@H](Cc1ccccc1)c1nc(-c2ccncc2)no1. The van der Waals surface area contributed by atoms with Crippen molar-refractivity contribution in [2.45, 2.75) is 11.7 Å². The van der Waals surface area contributed by atoms with E-state index < -0.39 is 15.1 Å². The molecule has 0 spiro atoms. The van der Waals surface area contributed by atoms with Crippen molar-refractivity contribution in [1.82, 2.24) is 15.1 Å². The highest BCUT2D eigenvalue weighted by molar-refractivity contribution is 7.90. The van der Waals surface area contributed by atoms with Crippen LogP contribution in [0.5, 0.6) is 0 Å². The van der Waals surface area contributed by atoms with E-state index in [0.717, 1.165) is 11.1 Å². The molecule has 0 aliphatic rings. The Morgan fingerprint density at radius 2 is 1.78 bits per heavy atom. The third-order valence-electron chi connectivity index (χ3n) is 3.44. The Labute approximate surface area is 134 Å². The van der Waals surface area contributed by atoms with Gasteiger partial charge in [0.05, 0.1) is 0 Å². The molecule has 3 aromatic rings. The second-order valence-electron chi connectivity index (χ2n) is 5.20. The molecule has 0 aliphatic carbocycles. The topological polar surface area (TPSA) is 86.0 Å². The van der Waals surface area contributed by atoms with Crippen LogP contribution in [-0.2, 0) is 16.3 Å². The van der Waals surface area contributed by atoms with Crippen LogP contribution in [0.4, 0.5) is 0 Å². The summed E-state index contributed by atoms with van der Waals surface area (Å²) in [5.41, 5.74) is 1.62. The number of aromatic nitrogens is 3. The van der Waals surface area contributed by atoms with Gasteiger partial charge in [0.1, 0.15) is 5.25 Å². The Morgan fingerprint density at radius 1 is 1.09 bits per heavy atom. The zero-order valence-corrected chi connectivity index (χ0v) is 13.3. The fourth-order valence-electron chi connectivity index (χ4n) is 2.23. The van der Waals surface area contributed by atoms with Crippen molar-refractivity contribution < 1.29 is 12.9 Å². The Hall–Kier alpha value is -2.54. The molecule has 1 aromatic carbocycles. The Morgan fingerprint density at radius 3 is 2.43 bits per heavy atom. The number of hydrogen-bond donors (Lipinski definition) is 0. The molecule has 0 bridgehead atoms. The van der Waals surface area contributed by atoms with Crippen molar-refractivity contribution in [1.29, 1.82) is 0 Å². The first kappa shape index (κ1) is 15.4. The molecular weight excluding hydrogens is 314 g/mol. The van der Waals surface area contributed by atoms with Crippen molar-refractivity contribution in [3.8, 4) is 11.4 Å². The molecule has 0 radical (unpaired) electrons. The summed E-state index contributed by atoms with van der Waals surface area (Å²) >= 11 is 0. The van der Waals surface area contributed by atoms with Gasteiger partial charge in [0.15, 0.2) is 9.84 Å². The van der Waals surface area contributed by atoms with E-state index in [1.165, 1.54) is 6.26 Å². The number of pyridine rings is 1. The van der Waals surface area contributed by atoms with E-state index >= 15 is 0 Å². The molecule has 0 fully saturated rings. The third-order valence-corrected chi connectivity index (χ3v) is 4.84. The van der Waals surface area contributed by atoms with Crippen molar-refractivity contribution in [2.24, 2.45) is 0 Å². The fraction of sp³-hybridized carbons (Fsp3) is 0.188. The molecule has 2 heterocycles. The summed E-state index contributed by atoms with van der Waals surface area (Å²) in [6.45, 7) is 0. The maximum Gasteiger partial charge on any atom is 0.245 e. The summed E-state index contributed by atoms with van der Waals surface area (Å²) in [5.74, 6) is 0.451. The van der Waals surface area contributed by atoms with Gasteiger partial charge in [0, 0.05) is 24.2 Å². The first-order chi connectivity index (χ1) is 11.0. The van der Waals surface area contributed by atoms with Crippen LogP contribution in [0.2, 0.25) is 0 Å². The van der Waals surface area contributed by atoms with Crippen LogP contribution < -0.4 is 0 Å². The van der Waals surface area contributed by atoms with E-state index in [0.29, 0.717) is 5.82 Å². The van der Waals surface area contributed by atoms with Gasteiger partial charge in [-0.3, -0.25) is 4.98 Å². The summed E-state index contributed by atoms with van der Waals surface area (Å²) in [7, 11) is -3.39. The second kappa shape index (κ2) is 6.29. The van der Waals surface area contributed by atoms with Gasteiger partial charge < -0.3 is 4.52 Å². The first-order valence-electron chi connectivity index (χ1n) is 7.01. The van der Waals surface area contributed by atoms with Crippen molar-refractivity contribution in [3.63, 3.8) is 0 Å². The smallest absolute Gasteiger partial charge is 0.245 e. The van der Waals surface area contributed by atoms with Crippen LogP contribution in [0.1, 0.15) is 16.7 Å². The van der Waals surface area contributed by atoms with Gasteiger partial charge in [-0.1, -0.05) is 35.5 Å². The van der Waals surface area contributed by atoms with E-state index in [1.807, 2.05) is 30.3 Å². The number of sulfone groups is 1. The molecule has 0 saturated carbocycles. The lowest BCUT2D eigenvalue weighted by Crippen LogP contribution is -2.14. The standard InChI is InChI=1S/C16H15N3O3S/c1-23(20,21)14(11-12-5-3-2-4-6-12)16-18-15(19-22-16)13-7-9-17-10-8-13/h2-10,14H,11H2,1H3/t14-/m1/s1. The molecule has 23 heavy (non-hydrogen) atoms. The molecular formula is C16H15N3O3S. The molecule has 0 saturated heterocycles. The molecule has 3 rings (SSSR count). The molecule has 6 nitrogen and oxygen atoms in total. The van der Waals surface area contributed by atoms with Gasteiger partial charge in [0.2, 0.25) is 11.7 Å². The predicted molar refractivity (Wildman–Crippen MR) is 85.3 cm³/mol. The van der Waals surface area contributed by atoms with Crippen LogP contribution in [0, 0.1) is 0 Å². The second-order valence-corrected chi connectivity index (χ2v) is 7.43. The first-order valence-corrected chi connectivity index (χ1v) is 8.96. The quantitative estimate of drug-likeness (QED) is 0.715. The van der Waals surface area contributed by atoms with Crippen molar-refractivity contribution in [3.05, 3.63) is 66.3 Å². The van der Waals surface area contributed by atoms with Gasteiger partial charge in [-0.2, -0.15) is 4.98 Å². The monoisotopic (exact) mass is 329 g/mol. The lowest BCUT2D eigenvalue weighted by atomic mass is 10.1. The van der Waals surface area contributed by atoms with E-state index in [2.05, 4.69) is 15.1 Å². The number of hydrogen-bond acceptors (Lipinski definition) is 6. The highest BCUT2D eigenvalue weighted by Gasteiger charge is 2.29.